The first-order chi connectivity index (χ1) is 15.5. The number of benzene rings is 2. The standard InChI is InChI=1S/C25H32N2O5/c1-5-6-13-26-24(28)22-16-27(25(29)17-7-9-18(30-2)10-8-17)15-21(22)20-12-11-19(31-3)14-23(20)32-4/h7-12,14,21-22H,5-6,13,15-16H2,1-4H3,(H,26,28)/t21-,22+/m0/s1. The van der Waals surface area contributed by atoms with Crippen LogP contribution in [0.2, 0.25) is 0 Å². The molecule has 0 aromatic heterocycles. The van der Waals surface area contributed by atoms with Crippen LogP contribution in [0, 0.1) is 5.92 Å². The highest BCUT2D eigenvalue weighted by molar-refractivity contribution is 5.95. The van der Waals surface area contributed by atoms with E-state index in [-0.39, 0.29) is 23.7 Å². The van der Waals surface area contributed by atoms with E-state index >= 15 is 0 Å². The third-order valence-electron chi connectivity index (χ3n) is 5.95. The van der Waals surface area contributed by atoms with Gasteiger partial charge in [-0.2, -0.15) is 0 Å². The summed E-state index contributed by atoms with van der Waals surface area (Å²) in [7, 11) is 4.79. The molecule has 0 bridgehead atoms. The van der Waals surface area contributed by atoms with Gasteiger partial charge in [0.25, 0.3) is 5.91 Å². The van der Waals surface area contributed by atoms with Crippen LogP contribution in [0.3, 0.4) is 0 Å². The predicted molar refractivity (Wildman–Crippen MR) is 123 cm³/mol. The Labute approximate surface area is 189 Å². The quantitative estimate of drug-likeness (QED) is 0.604. The van der Waals surface area contributed by atoms with Gasteiger partial charge in [0.15, 0.2) is 0 Å². The fraction of sp³-hybridized carbons (Fsp3) is 0.440. The zero-order chi connectivity index (χ0) is 23.1. The summed E-state index contributed by atoms with van der Waals surface area (Å²) < 4.78 is 16.1. The number of rotatable bonds is 9. The number of nitrogens with one attached hydrogen (secondary N) is 1. The van der Waals surface area contributed by atoms with Crippen LogP contribution in [0.4, 0.5) is 0 Å². The molecule has 1 saturated heterocycles. The number of likely N-dealkylation sites (tertiary alicyclic amines) is 1. The molecule has 1 fully saturated rings. The van der Waals surface area contributed by atoms with Gasteiger partial charge in [-0.3, -0.25) is 9.59 Å². The molecule has 0 saturated carbocycles. The summed E-state index contributed by atoms with van der Waals surface area (Å²) in [5, 5.41) is 3.04. The highest BCUT2D eigenvalue weighted by atomic mass is 16.5. The number of methoxy groups -OCH3 is 3. The van der Waals surface area contributed by atoms with Gasteiger partial charge in [0.05, 0.1) is 27.2 Å². The van der Waals surface area contributed by atoms with Crippen molar-refractivity contribution in [2.45, 2.75) is 25.7 Å². The van der Waals surface area contributed by atoms with E-state index in [9.17, 15) is 9.59 Å². The minimum absolute atomic E-state index is 0.0358. The summed E-state index contributed by atoms with van der Waals surface area (Å²) in [5.74, 6) is 1.34. The highest BCUT2D eigenvalue weighted by Crippen LogP contribution is 2.39. The lowest BCUT2D eigenvalue weighted by atomic mass is 9.87. The van der Waals surface area contributed by atoms with Gasteiger partial charge < -0.3 is 24.4 Å². The average Bonchev–Trinajstić information content (AvgIpc) is 3.28. The van der Waals surface area contributed by atoms with Gasteiger partial charge in [-0.15, -0.1) is 0 Å². The molecule has 0 aliphatic carbocycles. The number of carbonyl (C=O) groups excluding carboxylic acids is 2. The van der Waals surface area contributed by atoms with Crippen LogP contribution in [0.25, 0.3) is 0 Å². The summed E-state index contributed by atoms with van der Waals surface area (Å²) in [6, 6.07) is 12.6. The maximum atomic E-state index is 13.2. The molecule has 0 spiro atoms. The van der Waals surface area contributed by atoms with Crippen LogP contribution in [0.5, 0.6) is 17.2 Å². The third-order valence-corrected chi connectivity index (χ3v) is 5.95. The molecule has 1 heterocycles. The van der Waals surface area contributed by atoms with E-state index in [2.05, 4.69) is 12.2 Å². The van der Waals surface area contributed by atoms with Gasteiger partial charge >= 0.3 is 0 Å². The predicted octanol–water partition coefficient (Wildman–Crippen LogP) is 3.48. The Balaban J connectivity index is 1.88. The molecule has 2 aromatic rings. The van der Waals surface area contributed by atoms with Gasteiger partial charge in [-0.05, 0) is 36.8 Å². The first-order valence-corrected chi connectivity index (χ1v) is 10.9. The first kappa shape index (κ1) is 23.4. The molecule has 2 atom stereocenters. The monoisotopic (exact) mass is 440 g/mol. The van der Waals surface area contributed by atoms with Gasteiger partial charge in [-0.25, -0.2) is 0 Å². The molecule has 32 heavy (non-hydrogen) atoms. The Morgan fingerprint density at radius 2 is 1.66 bits per heavy atom. The molecule has 1 aliphatic heterocycles. The molecule has 0 unspecified atom stereocenters. The maximum absolute atomic E-state index is 13.2. The van der Waals surface area contributed by atoms with Crippen molar-refractivity contribution in [3.63, 3.8) is 0 Å². The van der Waals surface area contributed by atoms with E-state index in [1.165, 1.54) is 0 Å². The first-order valence-electron chi connectivity index (χ1n) is 10.9. The highest BCUT2D eigenvalue weighted by Gasteiger charge is 2.41. The van der Waals surface area contributed by atoms with Crippen molar-refractivity contribution in [2.24, 2.45) is 5.92 Å². The van der Waals surface area contributed by atoms with Crippen molar-refractivity contribution >= 4 is 11.8 Å². The van der Waals surface area contributed by atoms with Crippen molar-refractivity contribution in [3.8, 4) is 17.2 Å². The normalized spacial score (nSPS) is 17.7. The number of amides is 2. The SMILES string of the molecule is CCCCNC(=O)[C@@H]1CN(C(=O)c2ccc(OC)cc2)C[C@H]1c1ccc(OC)cc1OC. The summed E-state index contributed by atoms with van der Waals surface area (Å²) in [4.78, 5) is 28.0. The van der Waals surface area contributed by atoms with Crippen molar-refractivity contribution in [3.05, 3.63) is 53.6 Å². The summed E-state index contributed by atoms with van der Waals surface area (Å²) in [6.07, 6.45) is 1.92. The summed E-state index contributed by atoms with van der Waals surface area (Å²) in [6.45, 7) is 3.49. The fourth-order valence-electron chi connectivity index (χ4n) is 4.11. The average molecular weight is 441 g/mol. The molecule has 3 rings (SSSR count). The van der Waals surface area contributed by atoms with Crippen LogP contribution in [0.15, 0.2) is 42.5 Å². The second-order valence-electron chi connectivity index (χ2n) is 7.90. The van der Waals surface area contributed by atoms with E-state index in [0.717, 1.165) is 18.4 Å². The van der Waals surface area contributed by atoms with E-state index in [1.807, 2.05) is 18.2 Å². The smallest absolute Gasteiger partial charge is 0.253 e. The molecular formula is C25H32N2O5. The van der Waals surface area contributed by atoms with Crippen LogP contribution >= 0.6 is 0 Å². The Kier molecular flexibility index (Phi) is 7.98. The maximum Gasteiger partial charge on any atom is 0.253 e. The van der Waals surface area contributed by atoms with Gasteiger partial charge in [0.1, 0.15) is 17.2 Å². The Morgan fingerprint density at radius 3 is 2.28 bits per heavy atom. The van der Waals surface area contributed by atoms with Gasteiger partial charge in [-0.1, -0.05) is 19.4 Å². The van der Waals surface area contributed by atoms with E-state index < -0.39 is 0 Å². The van der Waals surface area contributed by atoms with Gasteiger partial charge in [0, 0.05) is 42.7 Å². The fourth-order valence-corrected chi connectivity index (χ4v) is 4.11. The minimum Gasteiger partial charge on any atom is -0.497 e. The lowest BCUT2D eigenvalue weighted by Crippen LogP contribution is -2.36. The molecule has 1 N–H and O–H groups in total. The van der Waals surface area contributed by atoms with Gasteiger partial charge in [0.2, 0.25) is 5.91 Å². The minimum atomic E-state index is -0.364. The second-order valence-corrected chi connectivity index (χ2v) is 7.90. The second kappa shape index (κ2) is 10.9. The largest absolute Gasteiger partial charge is 0.497 e. The molecule has 1 aliphatic rings. The van der Waals surface area contributed by atoms with Crippen LogP contribution in [0.1, 0.15) is 41.6 Å². The van der Waals surface area contributed by atoms with E-state index in [4.69, 9.17) is 14.2 Å². The summed E-state index contributed by atoms with van der Waals surface area (Å²) >= 11 is 0. The van der Waals surface area contributed by atoms with Crippen LogP contribution < -0.4 is 19.5 Å². The van der Waals surface area contributed by atoms with Crippen molar-refractivity contribution in [1.82, 2.24) is 10.2 Å². The lowest BCUT2D eigenvalue weighted by molar-refractivity contribution is -0.124. The topological polar surface area (TPSA) is 77.1 Å². The molecular weight excluding hydrogens is 408 g/mol. The number of unbranched alkanes of at least 4 members (excludes halogenated alkanes) is 1. The molecule has 0 radical (unpaired) electrons. The van der Waals surface area contributed by atoms with Crippen molar-refractivity contribution in [2.75, 3.05) is 41.0 Å². The number of ether oxygens (including phenoxy) is 3. The summed E-state index contributed by atoms with van der Waals surface area (Å²) in [5.41, 5.74) is 1.47. The Bertz CT molecular complexity index is 928. The molecule has 2 aromatic carbocycles. The zero-order valence-electron chi connectivity index (χ0n) is 19.2. The molecule has 172 valence electrons. The number of nitrogens with zero attached hydrogens (tertiary/aromatic N) is 1. The third kappa shape index (κ3) is 5.15. The van der Waals surface area contributed by atoms with Crippen LogP contribution in [-0.4, -0.2) is 57.7 Å². The Hall–Kier alpha value is -3.22. The van der Waals surface area contributed by atoms with E-state index in [1.54, 1.807) is 50.5 Å². The Morgan fingerprint density at radius 1 is 0.969 bits per heavy atom. The lowest BCUT2D eigenvalue weighted by Gasteiger charge is -2.21. The van der Waals surface area contributed by atoms with Crippen molar-refractivity contribution in [1.29, 1.82) is 0 Å². The number of carbonyl (C=O) groups is 2. The zero-order valence-corrected chi connectivity index (χ0v) is 19.2. The van der Waals surface area contributed by atoms with Crippen molar-refractivity contribution < 1.29 is 23.8 Å². The molecule has 7 nitrogen and oxygen atoms in total. The van der Waals surface area contributed by atoms with Crippen LogP contribution in [-0.2, 0) is 4.79 Å². The number of hydrogen-bond donors (Lipinski definition) is 1. The molecule has 2 amide bonds. The molecule has 7 heteroatoms. The van der Waals surface area contributed by atoms with E-state index in [0.29, 0.717) is 42.4 Å². The number of hydrogen-bond acceptors (Lipinski definition) is 5.